The number of aryl methyl sites for hydroxylation is 1. The first-order chi connectivity index (χ1) is 17.2. The first-order valence-corrected chi connectivity index (χ1v) is 11.8. The van der Waals surface area contributed by atoms with E-state index in [9.17, 15) is 18.4 Å². The predicted molar refractivity (Wildman–Crippen MR) is 129 cm³/mol. The average molecular weight is 496 g/mol. The van der Waals surface area contributed by atoms with Gasteiger partial charge in [-0.15, -0.1) is 0 Å². The summed E-state index contributed by atoms with van der Waals surface area (Å²) in [7, 11) is 3.32. The minimum absolute atomic E-state index is 0.00272. The number of nitrogens with zero attached hydrogens (tertiary/aromatic N) is 7. The van der Waals surface area contributed by atoms with Gasteiger partial charge in [-0.3, -0.25) is 14.3 Å². The highest BCUT2D eigenvalue weighted by atomic mass is 19.1. The number of fused-ring (bicyclic) bond motifs is 1. The van der Waals surface area contributed by atoms with Crippen LogP contribution in [0.25, 0.3) is 11.3 Å². The van der Waals surface area contributed by atoms with Crippen LogP contribution in [-0.4, -0.2) is 63.1 Å². The van der Waals surface area contributed by atoms with Crippen molar-refractivity contribution in [2.24, 2.45) is 13.0 Å². The van der Waals surface area contributed by atoms with E-state index in [-0.39, 0.29) is 23.4 Å². The Morgan fingerprint density at radius 3 is 2.64 bits per heavy atom. The molecule has 9 nitrogen and oxygen atoms in total. The molecule has 2 aliphatic heterocycles. The van der Waals surface area contributed by atoms with Gasteiger partial charge in [0.05, 0.1) is 35.7 Å². The molecule has 1 fully saturated rings. The molecule has 1 unspecified atom stereocenters. The van der Waals surface area contributed by atoms with E-state index >= 15 is 0 Å². The Hall–Kier alpha value is -3.89. The van der Waals surface area contributed by atoms with E-state index in [2.05, 4.69) is 5.10 Å². The highest BCUT2D eigenvalue weighted by Gasteiger charge is 2.34. The minimum Gasteiger partial charge on any atom is -0.354 e. The van der Waals surface area contributed by atoms with Crippen molar-refractivity contribution in [3.05, 3.63) is 53.6 Å². The quantitative estimate of drug-likeness (QED) is 0.553. The monoisotopic (exact) mass is 495 g/mol. The van der Waals surface area contributed by atoms with Crippen LogP contribution in [0.15, 0.2) is 30.6 Å². The number of hydrogen-bond donors (Lipinski definition) is 0. The van der Waals surface area contributed by atoms with Gasteiger partial charge in [-0.25, -0.2) is 18.7 Å². The van der Waals surface area contributed by atoms with Gasteiger partial charge in [0.1, 0.15) is 17.3 Å². The normalized spacial score (nSPS) is 17.3. The molecule has 0 bridgehead atoms. The lowest BCUT2D eigenvalue weighted by Gasteiger charge is -2.29. The molecule has 36 heavy (non-hydrogen) atoms. The Balaban J connectivity index is 1.43. The summed E-state index contributed by atoms with van der Waals surface area (Å²) in [5.41, 5.74) is 3.09. The number of halogens is 2. The van der Waals surface area contributed by atoms with Gasteiger partial charge >= 0.3 is 0 Å². The van der Waals surface area contributed by atoms with Crippen LogP contribution in [0.5, 0.6) is 0 Å². The van der Waals surface area contributed by atoms with E-state index in [4.69, 9.17) is 9.97 Å². The zero-order chi connectivity index (χ0) is 25.6. The van der Waals surface area contributed by atoms with E-state index < -0.39 is 11.6 Å². The van der Waals surface area contributed by atoms with Crippen molar-refractivity contribution in [1.29, 1.82) is 0 Å². The lowest BCUT2D eigenvalue weighted by Crippen LogP contribution is -2.36. The standard InChI is InChI=1S/C25H27F2N7O2/c1-15(35)33-9-7-20-21(14-33)29-23(17-11-28-31(2)12-17)24(30-20)34-8-6-16(13-34)25(36)32(3)22-5-4-18(26)10-19(22)27/h4-5,10-12,16H,6-9,13-14H2,1-3H3. The number of rotatable bonds is 4. The fourth-order valence-corrected chi connectivity index (χ4v) is 4.85. The molecular weight excluding hydrogens is 468 g/mol. The summed E-state index contributed by atoms with van der Waals surface area (Å²) in [6.45, 7) is 3.51. The molecule has 0 aliphatic carbocycles. The topological polar surface area (TPSA) is 87.5 Å². The fourth-order valence-electron chi connectivity index (χ4n) is 4.85. The first kappa shape index (κ1) is 23.8. The van der Waals surface area contributed by atoms with Gasteiger partial charge < -0.3 is 14.7 Å². The molecule has 0 radical (unpaired) electrons. The van der Waals surface area contributed by atoms with Crippen molar-refractivity contribution in [3.63, 3.8) is 0 Å². The number of anilines is 2. The summed E-state index contributed by atoms with van der Waals surface area (Å²) < 4.78 is 29.3. The first-order valence-electron chi connectivity index (χ1n) is 11.8. The van der Waals surface area contributed by atoms with Crippen LogP contribution < -0.4 is 9.80 Å². The third kappa shape index (κ3) is 4.40. The van der Waals surface area contributed by atoms with Gasteiger partial charge in [0.2, 0.25) is 11.8 Å². The van der Waals surface area contributed by atoms with Crippen LogP contribution in [0.2, 0.25) is 0 Å². The number of carbonyl (C=O) groups excluding carboxylic acids is 2. The molecule has 1 saturated heterocycles. The second-order valence-corrected chi connectivity index (χ2v) is 9.31. The zero-order valence-corrected chi connectivity index (χ0v) is 20.4. The van der Waals surface area contributed by atoms with E-state index in [1.54, 1.807) is 22.7 Å². The molecule has 0 N–H and O–H groups in total. The SMILES string of the molecule is CC(=O)N1CCc2nc(N3CCC(C(=O)N(C)c4ccc(F)cc4F)C3)c(-c3cnn(C)c3)nc2C1. The van der Waals surface area contributed by atoms with Crippen molar-refractivity contribution in [2.45, 2.75) is 26.3 Å². The second kappa shape index (κ2) is 9.29. The van der Waals surface area contributed by atoms with Gasteiger partial charge in [0, 0.05) is 64.9 Å². The summed E-state index contributed by atoms with van der Waals surface area (Å²) in [6.07, 6.45) is 4.74. The Kier molecular flexibility index (Phi) is 6.15. The molecule has 5 rings (SSSR count). The Morgan fingerprint density at radius 1 is 1.14 bits per heavy atom. The minimum atomic E-state index is -0.778. The van der Waals surface area contributed by atoms with Crippen molar-refractivity contribution in [3.8, 4) is 11.3 Å². The average Bonchev–Trinajstić information content (AvgIpc) is 3.51. The predicted octanol–water partition coefficient (Wildman–Crippen LogP) is 2.55. The van der Waals surface area contributed by atoms with Crippen molar-refractivity contribution in [2.75, 3.05) is 36.5 Å². The summed E-state index contributed by atoms with van der Waals surface area (Å²) in [6, 6.07) is 3.19. The van der Waals surface area contributed by atoms with Crippen molar-refractivity contribution < 1.29 is 18.4 Å². The maximum absolute atomic E-state index is 14.3. The van der Waals surface area contributed by atoms with Crippen LogP contribution in [-0.2, 0) is 29.6 Å². The number of amides is 2. The molecule has 0 saturated carbocycles. The number of hydrogen-bond acceptors (Lipinski definition) is 6. The maximum atomic E-state index is 14.3. The molecule has 1 aromatic carbocycles. The molecule has 3 aromatic rings. The number of aromatic nitrogens is 4. The van der Waals surface area contributed by atoms with Gasteiger partial charge in [-0.2, -0.15) is 5.10 Å². The molecule has 2 amide bonds. The molecule has 188 valence electrons. The van der Waals surface area contributed by atoms with Gasteiger partial charge in [0.15, 0.2) is 5.82 Å². The smallest absolute Gasteiger partial charge is 0.231 e. The van der Waals surface area contributed by atoms with Gasteiger partial charge in [0.25, 0.3) is 0 Å². The molecule has 2 aromatic heterocycles. The number of benzene rings is 1. The van der Waals surface area contributed by atoms with E-state index in [1.807, 2.05) is 18.1 Å². The largest absolute Gasteiger partial charge is 0.354 e. The van der Waals surface area contributed by atoms with Gasteiger partial charge in [-0.05, 0) is 18.6 Å². The van der Waals surface area contributed by atoms with E-state index in [1.165, 1.54) is 18.0 Å². The molecule has 1 atom stereocenters. The Labute approximate surface area is 207 Å². The van der Waals surface area contributed by atoms with Crippen LogP contribution in [0.1, 0.15) is 24.7 Å². The summed E-state index contributed by atoms with van der Waals surface area (Å²) >= 11 is 0. The summed E-state index contributed by atoms with van der Waals surface area (Å²) in [5, 5.41) is 4.27. The zero-order valence-electron chi connectivity index (χ0n) is 20.4. The van der Waals surface area contributed by atoms with E-state index in [0.717, 1.165) is 29.1 Å². The van der Waals surface area contributed by atoms with Crippen molar-refractivity contribution in [1.82, 2.24) is 24.6 Å². The lowest BCUT2D eigenvalue weighted by atomic mass is 10.1. The summed E-state index contributed by atoms with van der Waals surface area (Å²) in [5.74, 6) is -1.42. The van der Waals surface area contributed by atoms with Crippen molar-refractivity contribution >= 4 is 23.3 Å². The van der Waals surface area contributed by atoms with E-state index in [0.29, 0.717) is 50.5 Å². The Bertz CT molecular complexity index is 1340. The van der Waals surface area contributed by atoms with Crippen LogP contribution in [0.4, 0.5) is 20.3 Å². The van der Waals surface area contributed by atoms with Crippen LogP contribution >= 0.6 is 0 Å². The highest BCUT2D eigenvalue weighted by molar-refractivity contribution is 5.95. The third-order valence-electron chi connectivity index (χ3n) is 6.85. The fraction of sp³-hybridized carbons (Fsp3) is 0.400. The molecular formula is C25H27F2N7O2. The molecule has 2 aliphatic rings. The van der Waals surface area contributed by atoms with Crippen LogP contribution in [0.3, 0.4) is 0 Å². The molecule has 0 spiro atoms. The van der Waals surface area contributed by atoms with Gasteiger partial charge in [-0.1, -0.05) is 0 Å². The molecule has 4 heterocycles. The number of carbonyl (C=O) groups is 2. The maximum Gasteiger partial charge on any atom is 0.231 e. The van der Waals surface area contributed by atoms with Crippen LogP contribution in [0, 0.1) is 17.6 Å². The highest BCUT2D eigenvalue weighted by Crippen LogP contribution is 2.34. The lowest BCUT2D eigenvalue weighted by molar-refractivity contribution is -0.129. The summed E-state index contributed by atoms with van der Waals surface area (Å²) in [4.78, 5) is 40.0. The molecule has 11 heteroatoms. The second-order valence-electron chi connectivity index (χ2n) is 9.31. The Morgan fingerprint density at radius 2 is 1.94 bits per heavy atom. The third-order valence-corrected chi connectivity index (χ3v) is 6.85.